The predicted molar refractivity (Wildman–Crippen MR) is 66.8 cm³/mol. The van der Waals surface area contributed by atoms with Gasteiger partial charge in [-0.3, -0.25) is 0 Å². The summed E-state index contributed by atoms with van der Waals surface area (Å²) in [6.45, 7) is 0. The van der Waals surface area contributed by atoms with E-state index < -0.39 is 0 Å². The summed E-state index contributed by atoms with van der Waals surface area (Å²) in [6.07, 6.45) is 0. The Morgan fingerprint density at radius 3 is 3.11 bits per heavy atom. The lowest BCUT2D eigenvalue weighted by atomic mass is 10.3. The van der Waals surface area contributed by atoms with E-state index in [0.717, 1.165) is 11.1 Å². The number of nitrogen functional groups attached to an aromatic ring is 1. The largest absolute Gasteiger partial charge is 0.431 e. The summed E-state index contributed by atoms with van der Waals surface area (Å²) >= 11 is 1.42. The molecule has 0 saturated heterocycles. The van der Waals surface area contributed by atoms with Gasteiger partial charge in [0.05, 0.1) is 12.8 Å². The number of hydrogen-bond acceptors (Lipinski definition) is 7. The van der Waals surface area contributed by atoms with Gasteiger partial charge in [0, 0.05) is 5.69 Å². The molecule has 2 aromatic heterocycles. The molecule has 0 saturated carbocycles. The Hall–Kier alpha value is -2.09. The molecular formula is C10H10N6OS. The second-order valence-corrected chi connectivity index (χ2v) is 4.62. The first-order chi connectivity index (χ1) is 8.70. The molecule has 7 nitrogen and oxygen atoms in total. The zero-order valence-corrected chi connectivity index (χ0v) is 10.4. The molecule has 0 aliphatic heterocycles. The van der Waals surface area contributed by atoms with Crippen LogP contribution in [0.5, 0.6) is 0 Å². The van der Waals surface area contributed by atoms with Crippen LogP contribution in [0.2, 0.25) is 0 Å². The fourth-order valence-corrected chi connectivity index (χ4v) is 2.17. The number of rotatable bonds is 3. The van der Waals surface area contributed by atoms with Gasteiger partial charge >= 0.3 is 0 Å². The predicted octanol–water partition coefficient (Wildman–Crippen LogP) is 1.23. The van der Waals surface area contributed by atoms with Gasteiger partial charge < -0.3 is 10.2 Å². The monoisotopic (exact) mass is 262 g/mol. The number of hydrogen-bond donors (Lipinski definition) is 1. The normalized spacial score (nSPS) is 11.2. The van der Waals surface area contributed by atoms with Crippen molar-refractivity contribution in [2.24, 2.45) is 7.05 Å². The van der Waals surface area contributed by atoms with Crippen LogP contribution in [-0.2, 0) is 12.8 Å². The summed E-state index contributed by atoms with van der Waals surface area (Å²) in [4.78, 5) is 5.75. The molecule has 0 aliphatic carbocycles. The molecule has 0 atom stereocenters. The second-order valence-electron chi connectivity index (χ2n) is 3.69. The molecule has 1 aromatic carbocycles. The van der Waals surface area contributed by atoms with Gasteiger partial charge in [-0.2, -0.15) is 4.80 Å². The molecule has 18 heavy (non-hydrogen) atoms. The Morgan fingerprint density at radius 2 is 2.33 bits per heavy atom. The third-order valence-corrected chi connectivity index (χ3v) is 3.09. The number of tetrazole rings is 1. The number of fused-ring (bicyclic) bond motifs is 1. The summed E-state index contributed by atoms with van der Waals surface area (Å²) < 4.78 is 5.57. The van der Waals surface area contributed by atoms with Crippen molar-refractivity contribution in [3.8, 4) is 0 Å². The molecule has 0 fully saturated rings. The smallest absolute Gasteiger partial charge is 0.257 e. The number of aryl methyl sites for hydroxylation is 1. The van der Waals surface area contributed by atoms with Crippen molar-refractivity contribution in [1.29, 1.82) is 0 Å². The van der Waals surface area contributed by atoms with Gasteiger partial charge in [0.15, 0.2) is 11.4 Å². The standard InChI is InChI=1S/C10H10N6OS/c1-16-14-9(13-15-16)5-18-10-12-7-4-6(11)2-3-8(7)17-10/h2-4H,5,11H2,1H3. The minimum atomic E-state index is 0.566. The van der Waals surface area contributed by atoms with Crippen LogP contribution in [0.4, 0.5) is 5.69 Å². The molecule has 8 heteroatoms. The highest BCUT2D eigenvalue weighted by Crippen LogP contribution is 2.26. The van der Waals surface area contributed by atoms with Gasteiger partial charge in [-0.25, -0.2) is 4.98 Å². The van der Waals surface area contributed by atoms with Crippen LogP contribution in [0.15, 0.2) is 27.8 Å². The maximum absolute atomic E-state index is 5.68. The van der Waals surface area contributed by atoms with Gasteiger partial charge in [-0.1, -0.05) is 11.8 Å². The molecule has 3 aromatic rings. The molecule has 2 N–H and O–H groups in total. The van der Waals surface area contributed by atoms with Crippen molar-refractivity contribution in [2.45, 2.75) is 11.0 Å². The van der Waals surface area contributed by atoms with Crippen molar-refractivity contribution in [1.82, 2.24) is 25.2 Å². The number of nitrogens with zero attached hydrogens (tertiary/aromatic N) is 5. The van der Waals surface area contributed by atoms with E-state index in [4.69, 9.17) is 10.2 Å². The molecule has 2 heterocycles. The topological polar surface area (TPSA) is 95.7 Å². The third-order valence-electron chi connectivity index (χ3n) is 2.27. The van der Waals surface area contributed by atoms with Crippen LogP contribution < -0.4 is 5.73 Å². The lowest BCUT2D eigenvalue weighted by Crippen LogP contribution is -1.92. The molecule has 0 bridgehead atoms. The van der Waals surface area contributed by atoms with Crippen molar-refractivity contribution < 1.29 is 4.42 Å². The molecule has 0 unspecified atom stereocenters. The first-order valence-corrected chi connectivity index (χ1v) is 6.21. The Kier molecular flexibility index (Phi) is 2.63. The highest BCUT2D eigenvalue weighted by Gasteiger charge is 2.08. The number of oxazole rings is 1. The van der Waals surface area contributed by atoms with Crippen molar-refractivity contribution in [3.05, 3.63) is 24.0 Å². The number of aromatic nitrogens is 5. The molecular weight excluding hydrogens is 252 g/mol. The van der Waals surface area contributed by atoms with E-state index in [0.29, 0.717) is 22.5 Å². The highest BCUT2D eigenvalue weighted by molar-refractivity contribution is 7.98. The first kappa shape index (κ1) is 11.0. The lowest BCUT2D eigenvalue weighted by molar-refractivity contribution is 0.489. The second kappa shape index (κ2) is 4.30. The van der Waals surface area contributed by atoms with Crippen LogP contribution in [0.25, 0.3) is 11.1 Å². The first-order valence-electron chi connectivity index (χ1n) is 5.22. The fraction of sp³-hybridized carbons (Fsp3) is 0.200. The van der Waals surface area contributed by atoms with E-state index in [1.165, 1.54) is 16.6 Å². The van der Waals surface area contributed by atoms with Gasteiger partial charge in [-0.05, 0) is 23.4 Å². The van der Waals surface area contributed by atoms with Crippen LogP contribution in [0, 0.1) is 0 Å². The number of benzene rings is 1. The summed E-state index contributed by atoms with van der Waals surface area (Å²) in [5.41, 5.74) is 7.83. The Morgan fingerprint density at radius 1 is 1.44 bits per heavy atom. The van der Waals surface area contributed by atoms with Crippen LogP contribution in [-0.4, -0.2) is 25.2 Å². The van der Waals surface area contributed by atoms with Crippen LogP contribution in [0.1, 0.15) is 5.82 Å². The van der Waals surface area contributed by atoms with Crippen LogP contribution >= 0.6 is 11.8 Å². The Balaban J connectivity index is 1.78. The maximum atomic E-state index is 5.68. The van der Waals surface area contributed by atoms with E-state index in [1.807, 2.05) is 6.07 Å². The van der Waals surface area contributed by atoms with Gasteiger partial charge in [0.1, 0.15) is 5.52 Å². The molecule has 3 rings (SSSR count). The molecule has 0 spiro atoms. The van der Waals surface area contributed by atoms with E-state index in [-0.39, 0.29) is 0 Å². The summed E-state index contributed by atoms with van der Waals surface area (Å²) in [5.74, 6) is 1.21. The van der Waals surface area contributed by atoms with Crippen LogP contribution in [0.3, 0.4) is 0 Å². The van der Waals surface area contributed by atoms with Gasteiger partial charge in [-0.15, -0.1) is 10.2 Å². The third kappa shape index (κ3) is 2.14. The average molecular weight is 262 g/mol. The zero-order valence-electron chi connectivity index (χ0n) is 9.57. The van der Waals surface area contributed by atoms with Crippen molar-refractivity contribution in [2.75, 3.05) is 5.73 Å². The average Bonchev–Trinajstić information content (AvgIpc) is 2.92. The molecule has 0 radical (unpaired) electrons. The Bertz CT molecular complexity index is 691. The maximum Gasteiger partial charge on any atom is 0.257 e. The quantitative estimate of drug-likeness (QED) is 0.560. The molecule has 0 aliphatic rings. The number of nitrogens with two attached hydrogens (primary N) is 1. The van der Waals surface area contributed by atoms with Crippen molar-refractivity contribution >= 4 is 28.5 Å². The minimum Gasteiger partial charge on any atom is -0.431 e. The number of anilines is 1. The SMILES string of the molecule is Cn1nnc(CSc2nc3cc(N)ccc3o2)n1. The summed E-state index contributed by atoms with van der Waals surface area (Å²) in [6, 6.07) is 5.37. The minimum absolute atomic E-state index is 0.566. The van der Waals surface area contributed by atoms with Gasteiger partial charge in [0.2, 0.25) is 0 Å². The van der Waals surface area contributed by atoms with E-state index >= 15 is 0 Å². The van der Waals surface area contributed by atoms with Gasteiger partial charge in [0.25, 0.3) is 5.22 Å². The lowest BCUT2D eigenvalue weighted by Gasteiger charge is -1.89. The summed E-state index contributed by atoms with van der Waals surface area (Å²) in [5, 5.41) is 12.3. The molecule has 0 amide bonds. The van der Waals surface area contributed by atoms with E-state index in [1.54, 1.807) is 19.2 Å². The highest BCUT2D eigenvalue weighted by atomic mass is 32.2. The Labute approximate surface area is 106 Å². The fourth-order valence-electron chi connectivity index (χ4n) is 1.49. The summed E-state index contributed by atoms with van der Waals surface area (Å²) in [7, 11) is 1.73. The van der Waals surface area contributed by atoms with E-state index in [9.17, 15) is 0 Å². The van der Waals surface area contributed by atoms with Crippen molar-refractivity contribution in [3.63, 3.8) is 0 Å². The zero-order chi connectivity index (χ0) is 12.5. The molecule has 92 valence electrons. The van der Waals surface area contributed by atoms with E-state index in [2.05, 4.69) is 20.4 Å². The number of thioether (sulfide) groups is 1.